The summed E-state index contributed by atoms with van der Waals surface area (Å²) in [5.74, 6) is 0.888. The van der Waals surface area contributed by atoms with Gasteiger partial charge in [-0.3, -0.25) is 0 Å². The summed E-state index contributed by atoms with van der Waals surface area (Å²) in [6.07, 6.45) is 0. The van der Waals surface area contributed by atoms with Gasteiger partial charge in [0.2, 0.25) is 0 Å². The van der Waals surface area contributed by atoms with Crippen LogP contribution in [-0.2, 0) is 0 Å². The van der Waals surface area contributed by atoms with Crippen molar-refractivity contribution in [2.45, 2.75) is 6.92 Å². The SMILES string of the molecule is CCOc1ccc(NC(=S)N2CCN(C)CC2)cc1. The van der Waals surface area contributed by atoms with E-state index in [-0.39, 0.29) is 0 Å². The van der Waals surface area contributed by atoms with Crippen molar-refractivity contribution in [3.63, 3.8) is 0 Å². The third kappa shape index (κ3) is 4.08. The lowest BCUT2D eigenvalue weighted by Gasteiger charge is -2.34. The number of likely N-dealkylation sites (N-methyl/N-ethyl adjacent to an activating group) is 1. The van der Waals surface area contributed by atoms with Crippen LogP contribution in [0.4, 0.5) is 5.69 Å². The van der Waals surface area contributed by atoms with Gasteiger partial charge >= 0.3 is 0 Å². The number of piperazine rings is 1. The number of anilines is 1. The fourth-order valence-corrected chi connectivity index (χ4v) is 2.31. The normalized spacial score (nSPS) is 16.2. The van der Waals surface area contributed by atoms with Gasteiger partial charge in [0.05, 0.1) is 6.61 Å². The van der Waals surface area contributed by atoms with Crippen molar-refractivity contribution in [2.75, 3.05) is 45.2 Å². The molecule has 1 aromatic carbocycles. The van der Waals surface area contributed by atoms with E-state index in [1.807, 2.05) is 31.2 Å². The minimum atomic E-state index is 0.687. The Morgan fingerprint density at radius 3 is 2.42 bits per heavy atom. The van der Waals surface area contributed by atoms with Crippen LogP contribution in [-0.4, -0.2) is 54.7 Å². The molecule has 19 heavy (non-hydrogen) atoms. The first-order valence-corrected chi connectivity index (χ1v) is 7.07. The lowest BCUT2D eigenvalue weighted by molar-refractivity contribution is 0.217. The Hall–Kier alpha value is -1.33. The van der Waals surface area contributed by atoms with Crippen molar-refractivity contribution in [2.24, 2.45) is 0 Å². The van der Waals surface area contributed by atoms with Crippen molar-refractivity contribution in [1.29, 1.82) is 0 Å². The van der Waals surface area contributed by atoms with E-state index >= 15 is 0 Å². The molecule has 1 saturated heterocycles. The summed E-state index contributed by atoms with van der Waals surface area (Å²) in [5.41, 5.74) is 1.01. The van der Waals surface area contributed by atoms with Crippen LogP contribution >= 0.6 is 12.2 Å². The maximum atomic E-state index is 5.44. The van der Waals surface area contributed by atoms with Gasteiger partial charge < -0.3 is 19.9 Å². The van der Waals surface area contributed by atoms with Crippen molar-refractivity contribution >= 4 is 23.0 Å². The Labute approximate surface area is 120 Å². The van der Waals surface area contributed by atoms with Gasteiger partial charge in [0.1, 0.15) is 5.75 Å². The maximum Gasteiger partial charge on any atom is 0.173 e. The fourth-order valence-electron chi connectivity index (χ4n) is 2.01. The average Bonchev–Trinajstić information content (AvgIpc) is 2.42. The first-order chi connectivity index (χ1) is 9.19. The predicted octanol–water partition coefficient (Wildman–Crippen LogP) is 2.03. The molecule has 4 nitrogen and oxygen atoms in total. The Balaban J connectivity index is 1.88. The van der Waals surface area contributed by atoms with Crippen molar-refractivity contribution < 1.29 is 4.74 Å². The quantitative estimate of drug-likeness (QED) is 0.855. The Bertz CT molecular complexity index is 413. The second-order valence-electron chi connectivity index (χ2n) is 4.68. The molecule has 0 spiro atoms. The zero-order chi connectivity index (χ0) is 13.7. The number of nitrogens with one attached hydrogen (secondary N) is 1. The highest BCUT2D eigenvalue weighted by Gasteiger charge is 2.16. The Morgan fingerprint density at radius 1 is 1.21 bits per heavy atom. The monoisotopic (exact) mass is 279 g/mol. The van der Waals surface area contributed by atoms with E-state index in [9.17, 15) is 0 Å². The highest BCUT2D eigenvalue weighted by molar-refractivity contribution is 7.80. The molecule has 1 aromatic rings. The van der Waals surface area contributed by atoms with E-state index in [1.54, 1.807) is 0 Å². The predicted molar refractivity (Wildman–Crippen MR) is 82.9 cm³/mol. The molecule has 1 aliphatic rings. The topological polar surface area (TPSA) is 27.7 Å². The van der Waals surface area contributed by atoms with Crippen molar-refractivity contribution in [1.82, 2.24) is 9.80 Å². The number of hydrogen-bond donors (Lipinski definition) is 1. The minimum absolute atomic E-state index is 0.687. The zero-order valence-corrected chi connectivity index (χ0v) is 12.4. The van der Waals surface area contributed by atoms with E-state index in [4.69, 9.17) is 17.0 Å². The summed E-state index contributed by atoms with van der Waals surface area (Å²) in [6, 6.07) is 7.90. The molecule has 104 valence electrons. The zero-order valence-electron chi connectivity index (χ0n) is 11.6. The number of thiocarbonyl (C=S) groups is 1. The molecule has 0 aliphatic carbocycles. The summed E-state index contributed by atoms with van der Waals surface area (Å²) in [5, 5.41) is 4.08. The lowest BCUT2D eigenvalue weighted by Crippen LogP contribution is -2.48. The molecule has 1 fully saturated rings. The number of nitrogens with zero attached hydrogens (tertiary/aromatic N) is 2. The van der Waals surface area contributed by atoms with Gasteiger partial charge in [-0.15, -0.1) is 0 Å². The van der Waals surface area contributed by atoms with Crippen LogP contribution < -0.4 is 10.1 Å². The molecule has 2 rings (SSSR count). The van der Waals surface area contributed by atoms with Crippen LogP contribution in [0.15, 0.2) is 24.3 Å². The Kier molecular flexibility index (Phi) is 4.99. The summed E-state index contributed by atoms with van der Waals surface area (Å²) < 4.78 is 5.42. The summed E-state index contributed by atoms with van der Waals surface area (Å²) in [7, 11) is 2.14. The van der Waals surface area contributed by atoms with E-state index in [2.05, 4.69) is 22.2 Å². The molecule has 0 unspecified atom stereocenters. The summed E-state index contributed by atoms with van der Waals surface area (Å²) in [6.45, 7) is 6.76. The second-order valence-corrected chi connectivity index (χ2v) is 5.06. The first kappa shape index (κ1) is 14.1. The molecular weight excluding hydrogens is 258 g/mol. The van der Waals surface area contributed by atoms with Crippen LogP contribution in [0.1, 0.15) is 6.92 Å². The molecular formula is C14H21N3OS. The summed E-state index contributed by atoms with van der Waals surface area (Å²) >= 11 is 5.44. The largest absolute Gasteiger partial charge is 0.494 e. The molecule has 0 atom stereocenters. The van der Waals surface area contributed by atoms with Crippen LogP contribution in [0, 0.1) is 0 Å². The number of hydrogen-bond acceptors (Lipinski definition) is 3. The molecule has 0 radical (unpaired) electrons. The first-order valence-electron chi connectivity index (χ1n) is 6.66. The molecule has 0 bridgehead atoms. The van der Waals surface area contributed by atoms with Crippen LogP contribution in [0.5, 0.6) is 5.75 Å². The number of rotatable bonds is 3. The third-order valence-corrected chi connectivity index (χ3v) is 3.57. The molecule has 1 N–H and O–H groups in total. The standard InChI is InChI=1S/C14H21N3OS/c1-3-18-13-6-4-12(5-7-13)15-14(19)17-10-8-16(2)9-11-17/h4-7H,3,8-11H2,1-2H3,(H,15,19). The van der Waals surface area contributed by atoms with Crippen molar-refractivity contribution in [3.8, 4) is 5.75 Å². The van der Waals surface area contributed by atoms with Gasteiger partial charge in [-0.1, -0.05) is 0 Å². The molecule has 0 aromatic heterocycles. The molecule has 1 heterocycles. The van der Waals surface area contributed by atoms with E-state index in [1.165, 1.54) is 0 Å². The highest BCUT2D eigenvalue weighted by atomic mass is 32.1. The molecule has 1 aliphatic heterocycles. The third-order valence-electron chi connectivity index (χ3n) is 3.21. The minimum Gasteiger partial charge on any atom is -0.494 e. The van der Waals surface area contributed by atoms with Crippen LogP contribution in [0.25, 0.3) is 0 Å². The Morgan fingerprint density at radius 2 is 1.84 bits per heavy atom. The average molecular weight is 279 g/mol. The molecule has 5 heteroatoms. The van der Waals surface area contributed by atoms with Gasteiger partial charge in [-0.05, 0) is 50.5 Å². The van der Waals surface area contributed by atoms with Gasteiger partial charge in [-0.2, -0.15) is 0 Å². The van der Waals surface area contributed by atoms with E-state index < -0.39 is 0 Å². The van der Waals surface area contributed by atoms with Gasteiger partial charge in [0, 0.05) is 31.9 Å². The van der Waals surface area contributed by atoms with Crippen LogP contribution in [0.2, 0.25) is 0 Å². The number of benzene rings is 1. The maximum absolute atomic E-state index is 5.44. The number of ether oxygens (including phenoxy) is 1. The summed E-state index contributed by atoms with van der Waals surface area (Å²) in [4.78, 5) is 4.53. The lowest BCUT2D eigenvalue weighted by atomic mass is 10.3. The highest BCUT2D eigenvalue weighted by Crippen LogP contribution is 2.16. The fraction of sp³-hybridized carbons (Fsp3) is 0.500. The van der Waals surface area contributed by atoms with Crippen LogP contribution in [0.3, 0.4) is 0 Å². The smallest absolute Gasteiger partial charge is 0.173 e. The molecule has 0 amide bonds. The van der Waals surface area contributed by atoms with E-state index in [0.717, 1.165) is 42.7 Å². The van der Waals surface area contributed by atoms with Crippen molar-refractivity contribution in [3.05, 3.63) is 24.3 Å². The van der Waals surface area contributed by atoms with Gasteiger partial charge in [0.25, 0.3) is 0 Å². The molecule has 0 saturated carbocycles. The van der Waals surface area contributed by atoms with Gasteiger partial charge in [-0.25, -0.2) is 0 Å². The second kappa shape index (κ2) is 6.73. The van der Waals surface area contributed by atoms with E-state index in [0.29, 0.717) is 6.61 Å². The van der Waals surface area contributed by atoms with Gasteiger partial charge in [0.15, 0.2) is 5.11 Å².